The SMILES string of the molecule is C=Cc1ccc(COc2cccc(NC(=O)CCC(=O)OCC)c2)nc1C=C. The van der Waals surface area contributed by atoms with Crippen molar-refractivity contribution in [2.45, 2.75) is 26.4 Å². The van der Waals surface area contributed by atoms with Crippen molar-refractivity contribution >= 4 is 29.7 Å². The molecule has 1 N–H and O–H groups in total. The second-order valence-electron chi connectivity index (χ2n) is 5.86. The maximum absolute atomic E-state index is 12.0. The summed E-state index contributed by atoms with van der Waals surface area (Å²) in [5, 5.41) is 2.74. The lowest BCUT2D eigenvalue weighted by atomic mass is 10.1. The van der Waals surface area contributed by atoms with Gasteiger partial charge in [0.25, 0.3) is 0 Å². The zero-order valence-electron chi connectivity index (χ0n) is 15.9. The number of hydrogen-bond donors (Lipinski definition) is 1. The van der Waals surface area contributed by atoms with Crippen LogP contribution in [0.5, 0.6) is 5.75 Å². The summed E-state index contributed by atoms with van der Waals surface area (Å²) in [6.07, 6.45) is 3.51. The Morgan fingerprint density at radius 1 is 1.14 bits per heavy atom. The molecule has 6 nitrogen and oxygen atoms in total. The van der Waals surface area contributed by atoms with Crippen LogP contribution in [0.15, 0.2) is 49.6 Å². The average Bonchev–Trinajstić information content (AvgIpc) is 2.71. The third-order valence-corrected chi connectivity index (χ3v) is 3.79. The van der Waals surface area contributed by atoms with E-state index in [4.69, 9.17) is 9.47 Å². The van der Waals surface area contributed by atoms with Crippen molar-refractivity contribution in [2.75, 3.05) is 11.9 Å². The Hall–Kier alpha value is -3.41. The van der Waals surface area contributed by atoms with Gasteiger partial charge in [-0.2, -0.15) is 0 Å². The lowest BCUT2D eigenvalue weighted by Crippen LogP contribution is -2.14. The van der Waals surface area contributed by atoms with Gasteiger partial charge in [0.15, 0.2) is 0 Å². The molecule has 0 aliphatic heterocycles. The van der Waals surface area contributed by atoms with Gasteiger partial charge in [0, 0.05) is 18.2 Å². The number of carbonyl (C=O) groups excluding carboxylic acids is 2. The summed E-state index contributed by atoms with van der Waals surface area (Å²) in [5.41, 5.74) is 3.00. The Morgan fingerprint density at radius 3 is 2.68 bits per heavy atom. The van der Waals surface area contributed by atoms with E-state index < -0.39 is 0 Å². The van der Waals surface area contributed by atoms with E-state index in [1.807, 2.05) is 12.1 Å². The first kappa shape index (κ1) is 20.9. The van der Waals surface area contributed by atoms with Crippen LogP contribution in [-0.4, -0.2) is 23.5 Å². The number of esters is 1. The maximum atomic E-state index is 12.0. The van der Waals surface area contributed by atoms with Crippen LogP contribution in [0.3, 0.4) is 0 Å². The van der Waals surface area contributed by atoms with E-state index in [2.05, 4.69) is 23.5 Å². The number of nitrogens with zero attached hydrogens (tertiary/aromatic N) is 1. The minimum Gasteiger partial charge on any atom is -0.487 e. The van der Waals surface area contributed by atoms with Crippen LogP contribution in [0.1, 0.15) is 36.7 Å². The zero-order valence-corrected chi connectivity index (χ0v) is 15.9. The molecule has 2 rings (SSSR count). The van der Waals surface area contributed by atoms with Crippen molar-refractivity contribution in [3.05, 3.63) is 66.5 Å². The highest BCUT2D eigenvalue weighted by atomic mass is 16.5. The highest BCUT2D eigenvalue weighted by Gasteiger charge is 2.08. The van der Waals surface area contributed by atoms with Crippen LogP contribution < -0.4 is 10.1 Å². The first-order chi connectivity index (χ1) is 13.5. The third kappa shape index (κ3) is 6.39. The fourth-order valence-corrected chi connectivity index (χ4v) is 2.44. The van der Waals surface area contributed by atoms with Gasteiger partial charge >= 0.3 is 5.97 Å². The average molecular weight is 380 g/mol. The number of carbonyl (C=O) groups is 2. The van der Waals surface area contributed by atoms with Gasteiger partial charge in [-0.1, -0.05) is 31.4 Å². The molecule has 0 radical (unpaired) electrons. The van der Waals surface area contributed by atoms with Crippen molar-refractivity contribution in [3.8, 4) is 5.75 Å². The van der Waals surface area contributed by atoms with Gasteiger partial charge in [0.2, 0.25) is 5.91 Å². The molecule has 0 atom stereocenters. The smallest absolute Gasteiger partial charge is 0.306 e. The Balaban J connectivity index is 1.92. The van der Waals surface area contributed by atoms with E-state index in [0.717, 1.165) is 17.0 Å². The van der Waals surface area contributed by atoms with Crippen LogP contribution in [0.2, 0.25) is 0 Å². The molecule has 0 fully saturated rings. The van der Waals surface area contributed by atoms with Gasteiger partial charge in [-0.05, 0) is 36.8 Å². The molecule has 146 valence electrons. The number of ether oxygens (including phenoxy) is 2. The van der Waals surface area contributed by atoms with E-state index in [1.54, 1.807) is 43.3 Å². The van der Waals surface area contributed by atoms with Crippen molar-refractivity contribution in [1.82, 2.24) is 4.98 Å². The molecule has 1 amide bonds. The highest BCUT2D eigenvalue weighted by molar-refractivity contribution is 5.92. The maximum Gasteiger partial charge on any atom is 0.306 e. The number of rotatable bonds is 10. The minimum atomic E-state index is -0.386. The molecule has 0 unspecified atom stereocenters. The molecule has 0 aliphatic rings. The molecule has 1 heterocycles. The standard InChI is InChI=1S/C22H24N2O4/c1-4-16-10-11-18(23-20(16)5-2)15-28-19-9-7-8-17(14-19)24-21(25)12-13-22(26)27-6-3/h4-5,7-11,14H,1-2,6,12-13,15H2,3H3,(H,24,25). The molecule has 0 saturated heterocycles. The van der Waals surface area contributed by atoms with Crippen LogP contribution >= 0.6 is 0 Å². The van der Waals surface area contributed by atoms with Crippen LogP contribution in [0.25, 0.3) is 12.2 Å². The van der Waals surface area contributed by atoms with Gasteiger partial charge in [0.05, 0.1) is 24.4 Å². The van der Waals surface area contributed by atoms with Crippen molar-refractivity contribution < 1.29 is 19.1 Å². The van der Waals surface area contributed by atoms with Crippen LogP contribution in [0, 0.1) is 0 Å². The van der Waals surface area contributed by atoms with Gasteiger partial charge in [-0.15, -0.1) is 0 Å². The molecule has 28 heavy (non-hydrogen) atoms. The van der Waals surface area contributed by atoms with E-state index in [9.17, 15) is 9.59 Å². The summed E-state index contributed by atoms with van der Waals surface area (Å²) in [6, 6.07) is 10.8. The molecule has 0 aliphatic carbocycles. The molecule has 2 aromatic rings. The number of aromatic nitrogens is 1. The van der Waals surface area contributed by atoms with Crippen molar-refractivity contribution in [3.63, 3.8) is 0 Å². The van der Waals surface area contributed by atoms with Crippen molar-refractivity contribution in [1.29, 1.82) is 0 Å². The Kier molecular flexibility index (Phi) is 7.96. The monoisotopic (exact) mass is 380 g/mol. The van der Waals surface area contributed by atoms with Crippen LogP contribution in [0.4, 0.5) is 5.69 Å². The summed E-state index contributed by atoms with van der Waals surface area (Å²) in [5.74, 6) is -0.0518. The van der Waals surface area contributed by atoms with E-state index in [-0.39, 0.29) is 31.3 Å². The second-order valence-corrected chi connectivity index (χ2v) is 5.86. The van der Waals surface area contributed by atoms with E-state index in [0.29, 0.717) is 18.0 Å². The largest absolute Gasteiger partial charge is 0.487 e. The third-order valence-electron chi connectivity index (χ3n) is 3.79. The van der Waals surface area contributed by atoms with E-state index >= 15 is 0 Å². The predicted octanol–water partition coefficient (Wildman–Crippen LogP) is 4.23. The number of pyridine rings is 1. The Bertz CT molecular complexity index is 861. The topological polar surface area (TPSA) is 77.5 Å². The number of anilines is 1. The number of nitrogens with one attached hydrogen (secondary N) is 1. The van der Waals surface area contributed by atoms with E-state index in [1.165, 1.54) is 0 Å². The molecule has 0 spiro atoms. The molecule has 6 heteroatoms. The normalized spacial score (nSPS) is 10.0. The van der Waals surface area contributed by atoms with Crippen molar-refractivity contribution in [2.24, 2.45) is 0 Å². The summed E-state index contributed by atoms with van der Waals surface area (Å²) in [6.45, 7) is 9.81. The van der Waals surface area contributed by atoms with Crippen LogP contribution in [-0.2, 0) is 20.9 Å². The van der Waals surface area contributed by atoms with Gasteiger partial charge < -0.3 is 14.8 Å². The van der Waals surface area contributed by atoms with Gasteiger partial charge in [-0.25, -0.2) is 4.98 Å². The van der Waals surface area contributed by atoms with Gasteiger partial charge in [0.1, 0.15) is 12.4 Å². The zero-order chi connectivity index (χ0) is 20.4. The fourth-order valence-electron chi connectivity index (χ4n) is 2.44. The quantitative estimate of drug-likeness (QED) is 0.624. The number of amides is 1. The van der Waals surface area contributed by atoms with Gasteiger partial charge in [-0.3, -0.25) is 9.59 Å². The molecule has 1 aromatic heterocycles. The molecule has 1 aromatic carbocycles. The number of benzene rings is 1. The predicted molar refractivity (Wildman–Crippen MR) is 110 cm³/mol. The number of hydrogen-bond acceptors (Lipinski definition) is 5. The molecule has 0 saturated carbocycles. The Morgan fingerprint density at radius 2 is 1.96 bits per heavy atom. The lowest BCUT2D eigenvalue weighted by Gasteiger charge is -2.10. The summed E-state index contributed by atoms with van der Waals surface area (Å²) in [4.78, 5) is 27.8. The summed E-state index contributed by atoms with van der Waals surface area (Å²) in [7, 11) is 0. The Labute approximate surface area is 164 Å². The summed E-state index contributed by atoms with van der Waals surface area (Å²) >= 11 is 0. The highest BCUT2D eigenvalue weighted by Crippen LogP contribution is 2.19. The summed E-state index contributed by atoms with van der Waals surface area (Å²) < 4.78 is 10.6. The first-order valence-corrected chi connectivity index (χ1v) is 8.98. The lowest BCUT2D eigenvalue weighted by molar-refractivity contribution is -0.144. The minimum absolute atomic E-state index is 0.0495. The molecular weight excluding hydrogens is 356 g/mol. The first-order valence-electron chi connectivity index (χ1n) is 8.98. The fraction of sp³-hybridized carbons (Fsp3) is 0.227. The molecule has 0 bridgehead atoms. The molecular formula is C22H24N2O4. The second kappa shape index (κ2) is 10.7.